The highest BCUT2D eigenvalue weighted by Crippen LogP contribution is 2.20. The van der Waals surface area contributed by atoms with Crippen LogP contribution < -0.4 is 5.32 Å². The van der Waals surface area contributed by atoms with Crippen LogP contribution in [-0.4, -0.2) is 26.7 Å². The number of rotatable bonds is 3. The van der Waals surface area contributed by atoms with Crippen LogP contribution in [0.1, 0.15) is 36.2 Å². The number of benzene rings is 1. The van der Waals surface area contributed by atoms with Crippen molar-refractivity contribution in [1.82, 2.24) is 25.5 Å². The Bertz CT molecular complexity index is 758. The van der Waals surface area contributed by atoms with Gasteiger partial charge in [-0.05, 0) is 31.5 Å². The molecule has 3 heterocycles. The van der Waals surface area contributed by atoms with E-state index in [4.69, 9.17) is 0 Å². The lowest BCUT2D eigenvalue weighted by Crippen LogP contribution is -2.14. The molecular weight excluding hydrogens is 262 g/mol. The number of pyridine rings is 1. The number of para-hydroxylation sites is 1. The fourth-order valence-electron chi connectivity index (χ4n) is 2.83. The van der Waals surface area contributed by atoms with Crippen LogP contribution in [0.2, 0.25) is 0 Å². The third-order valence-corrected chi connectivity index (χ3v) is 3.93. The minimum absolute atomic E-state index is 0.305. The standard InChI is InChI=1S/C16H17N5/c1-2-5-13-11(4-1)7-8-12(18-13)10-15-19-16(21-20-15)14-6-3-9-17-14/h1-2,4-5,7-8,14,17H,3,6,9-10H2,(H,19,20,21). The molecule has 21 heavy (non-hydrogen) atoms. The Labute approximate surface area is 122 Å². The predicted octanol–water partition coefficient (Wildman–Crippen LogP) is 2.37. The lowest BCUT2D eigenvalue weighted by molar-refractivity contribution is 0.607. The molecule has 106 valence electrons. The SMILES string of the molecule is c1ccc2nc(Cc3nc(C4CCCN4)n[nH]3)ccc2c1. The monoisotopic (exact) mass is 279 g/mol. The summed E-state index contributed by atoms with van der Waals surface area (Å²) in [5.41, 5.74) is 2.03. The Balaban J connectivity index is 1.56. The summed E-state index contributed by atoms with van der Waals surface area (Å²) in [6.45, 7) is 1.06. The van der Waals surface area contributed by atoms with Crippen LogP contribution in [0.25, 0.3) is 10.9 Å². The van der Waals surface area contributed by atoms with Gasteiger partial charge in [0.25, 0.3) is 0 Å². The molecule has 1 saturated heterocycles. The molecule has 2 aromatic heterocycles. The molecule has 0 aliphatic carbocycles. The van der Waals surface area contributed by atoms with Crippen LogP contribution in [-0.2, 0) is 6.42 Å². The van der Waals surface area contributed by atoms with Gasteiger partial charge in [0.15, 0.2) is 5.82 Å². The molecule has 1 fully saturated rings. The van der Waals surface area contributed by atoms with Gasteiger partial charge in [0, 0.05) is 17.5 Å². The molecule has 1 aromatic carbocycles. The average molecular weight is 279 g/mol. The highest BCUT2D eigenvalue weighted by atomic mass is 15.2. The molecule has 0 spiro atoms. The fourth-order valence-corrected chi connectivity index (χ4v) is 2.83. The maximum absolute atomic E-state index is 4.67. The van der Waals surface area contributed by atoms with E-state index < -0.39 is 0 Å². The van der Waals surface area contributed by atoms with Crippen molar-refractivity contribution in [2.24, 2.45) is 0 Å². The van der Waals surface area contributed by atoms with Gasteiger partial charge >= 0.3 is 0 Å². The van der Waals surface area contributed by atoms with Gasteiger partial charge in [0.05, 0.1) is 11.6 Å². The molecule has 2 N–H and O–H groups in total. The molecule has 5 heteroatoms. The zero-order chi connectivity index (χ0) is 14.1. The Morgan fingerprint density at radius 1 is 1.10 bits per heavy atom. The van der Waals surface area contributed by atoms with Crippen LogP contribution in [0.15, 0.2) is 36.4 Å². The van der Waals surface area contributed by atoms with E-state index in [-0.39, 0.29) is 0 Å². The van der Waals surface area contributed by atoms with Crippen molar-refractivity contribution in [2.75, 3.05) is 6.54 Å². The molecule has 1 aliphatic rings. The van der Waals surface area contributed by atoms with Gasteiger partial charge in [-0.1, -0.05) is 24.3 Å². The minimum Gasteiger partial charge on any atom is -0.307 e. The van der Waals surface area contributed by atoms with Crippen LogP contribution in [0.4, 0.5) is 0 Å². The van der Waals surface area contributed by atoms with Crippen molar-refractivity contribution < 1.29 is 0 Å². The van der Waals surface area contributed by atoms with Crippen molar-refractivity contribution in [2.45, 2.75) is 25.3 Å². The average Bonchev–Trinajstić information content (AvgIpc) is 3.18. The molecule has 5 nitrogen and oxygen atoms in total. The summed E-state index contributed by atoms with van der Waals surface area (Å²) in [5, 5.41) is 11.9. The van der Waals surface area contributed by atoms with E-state index in [1.807, 2.05) is 18.2 Å². The third-order valence-electron chi connectivity index (χ3n) is 3.93. The van der Waals surface area contributed by atoms with Crippen molar-refractivity contribution in [3.8, 4) is 0 Å². The van der Waals surface area contributed by atoms with Gasteiger partial charge in [-0.3, -0.25) is 10.1 Å². The summed E-state index contributed by atoms with van der Waals surface area (Å²) < 4.78 is 0. The second kappa shape index (κ2) is 5.26. The van der Waals surface area contributed by atoms with Crippen molar-refractivity contribution in [3.05, 3.63) is 53.7 Å². The van der Waals surface area contributed by atoms with E-state index in [9.17, 15) is 0 Å². The lowest BCUT2D eigenvalue weighted by atomic mass is 10.2. The van der Waals surface area contributed by atoms with E-state index in [0.29, 0.717) is 12.5 Å². The minimum atomic E-state index is 0.305. The maximum atomic E-state index is 4.67. The Hall–Kier alpha value is -2.27. The normalized spacial score (nSPS) is 18.4. The number of nitrogens with zero attached hydrogens (tertiary/aromatic N) is 3. The smallest absolute Gasteiger partial charge is 0.167 e. The summed E-state index contributed by atoms with van der Waals surface area (Å²) in [4.78, 5) is 9.27. The Morgan fingerprint density at radius 3 is 2.95 bits per heavy atom. The number of hydrogen-bond donors (Lipinski definition) is 2. The highest BCUT2D eigenvalue weighted by molar-refractivity contribution is 5.78. The largest absolute Gasteiger partial charge is 0.307 e. The second-order valence-electron chi connectivity index (χ2n) is 5.46. The Kier molecular flexibility index (Phi) is 3.12. The zero-order valence-electron chi connectivity index (χ0n) is 11.7. The molecule has 0 amide bonds. The second-order valence-corrected chi connectivity index (χ2v) is 5.46. The van der Waals surface area contributed by atoms with Crippen LogP contribution in [0.5, 0.6) is 0 Å². The Morgan fingerprint density at radius 2 is 2.05 bits per heavy atom. The topological polar surface area (TPSA) is 66.5 Å². The van der Waals surface area contributed by atoms with E-state index in [1.165, 1.54) is 6.42 Å². The molecular formula is C16H17N5. The maximum Gasteiger partial charge on any atom is 0.167 e. The van der Waals surface area contributed by atoms with Gasteiger partial charge in [0.2, 0.25) is 0 Å². The van der Waals surface area contributed by atoms with E-state index in [1.54, 1.807) is 0 Å². The zero-order valence-corrected chi connectivity index (χ0v) is 11.7. The summed E-state index contributed by atoms with van der Waals surface area (Å²) in [7, 11) is 0. The van der Waals surface area contributed by atoms with Gasteiger partial charge in [-0.2, -0.15) is 5.10 Å². The van der Waals surface area contributed by atoms with Gasteiger partial charge < -0.3 is 5.32 Å². The fraction of sp³-hybridized carbons (Fsp3) is 0.312. The number of H-pyrrole nitrogens is 1. The van der Waals surface area contributed by atoms with Crippen LogP contribution >= 0.6 is 0 Å². The number of hydrogen-bond acceptors (Lipinski definition) is 4. The molecule has 1 aliphatic heterocycles. The van der Waals surface area contributed by atoms with Gasteiger partial charge in [0.1, 0.15) is 5.82 Å². The molecule has 1 unspecified atom stereocenters. The number of aromatic nitrogens is 4. The first-order valence-electron chi connectivity index (χ1n) is 7.38. The van der Waals surface area contributed by atoms with Crippen LogP contribution in [0, 0.1) is 0 Å². The van der Waals surface area contributed by atoms with E-state index in [0.717, 1.165) is 41.2 Å². The van der Waals surface area contributed by atoms with Gasteiger partial charge in [-0.25, -0.2) is 4.98 Å². The van der Waals surface area contributed by atoms with Crippen molar-refractivity contribution in [3.63, 3.8) is 0 Å². The predicted molar refractivity (Wildman–Crippen MR) is 80.9 cm³/mol. The quantitative estimate of drug-likeness (QED) is 0.772. The summed E-state index contributed by atoms with van der Waals surface area (Å²) in [6.07, 6.45) is 3.00. The highest BCUT2D eigenvalue weighted by Gasteiger charge is 2.20. The summed E-state index contributed by atoms with van der Waals surface area (Å²) >= 11 is 0. The molecule has 0 saturated carbocycles. The number of nitrogens with one attached hydrogen (secondary N) is 2. The first kappa shape index (κ1) is 12.5. The van der Waals surface area contributed by atoms with Crippen molar-refractivity contribution in [1.29, 1.82) is 0 Å². The first-order valence-corrected chi connectivity index (χ1v) is 7.38. The van der Waals surface area contributed by atoms with Crippen molar-refractivity contribution >= 4 is 10.9 Å². The lowest BCUT2D eigenvalue weighted by Gasteiger charge is -2.03. The van der Waals surface area contributed by atoms with Crippen LogP contribution in [0.3, 0.4) is 0 Å². The number of fused-ring (bicyclic) bond motifs is 1. The summed E-state index contributed by atoms with van der Waals surface area (Å²) in [6, 6.07) is 12.6. The molecule has 0 radical (unpaired) electrons. The number of aromatic amines is 1. The van der Waals surface area contributed by atoms with Gasteiger partial charge in [-0.15, -0.1) is 0 Å². The summed E-state index contributed by atoms with van der Waals surface area (Å²) in [5.74, 6) is 1.75. The molecule has 3 aromatic rings. The molecule has 4 rings (SSSR count). The third kappa shape index (κ3) is 2.52. The first-order chi connectivity index (χ1) is 10.4. The van der Waals surface area contributed by atoms with E-state index in [2.05, 4.69) is 43.7 Å². The molecule has 0 bridgehead atoms. The molecule has 1 atom stereocenters. The van der Waals surface area contributed by atoms with E-state index >= 15 is 0 Å².